The summed E-state index contributed by atoms with van der Waals surface area (Å²) in [5.74, 6) is -0.444. The summed E-state index contributed by atoms with van der Waals surface area (Å²) in [7, 11) is 1.59. The first kappa shape index (κ1) is 25.7. The standard InChI is InChI=1S/C25H34N4O7/c1-25(2,3)36-24(33)28-11-9-27(10-12-28)18-6-5-16-17(21(18)35-14-13-34-4)15-29(23(16)32)19-7-8-20(30)26-22(19)31/h5-6,19H,7-15H2,1-4H3,(H,26,30,31). The minimum atomic E-state index is -0.699. The fourth-order valence-electron chi connectivity index (χ4n) is 4.69. The lowest BCUT2D eigenvalue weighted by Gasteiger charge is -2.37. The van der Waals surface area contributed by atoms with E-state index >= 15 is 0 Å². The van der Waals surface area contributed by atoms with E-state index in [4.69, 9.17) is 14.2 Å². The van der Waals surface area contributed by atoms with Crippen LogP contribution < -0.4 is 15.0 Å². The number of fused-ring (bicyclic) bond motifs is 1. The first-order valence-corrected chi connectivity index (χ1v) is 12.2. The zero-order valence-corrected chi connectivity index (χ0v) is 21.3. The number of anilines is 1. The summed E-state index contributed by atoms with van der Waals surface area (Å²) in [6, 6.07) is 2.92. The molecule has 1 aromatic carbocycles. The van der Waals surface area contributed by atoms with Gasteiger partial charge in [-0.2, -0.15) is 0 Å². The molecule has 11 nitrogen and oxygen atoms in total. The van der Waals surface area contributed by atoms with E-state index in [1.165, 1.54) is 4.90 Å². The lowest BCUT2D eigenvalue weighted by molar-refractivity contribution is -0.136. The predicted molar refractivity (Wildman–Crippen MR) is 130 cm³/mol. The summed E-state index contributed by atoms with van der Waals surface area (Å²) >= 11 is 0. The predicted octanol–water partition coefficient (Wildman–Crippen LogP) is 1.53. The number of nitrogens with one attached hydrogen (secondary N) is 1. The molecule has 2 fully saturated rings. The van der Waals surface area contributed by atoms with Crippen molar-refractivity contribution in [1.29, 1.82) is 0 Å². The number of hydrogen-bond donors (Lipinski definition) is 1. The van der Waals surface area contributed by atoms with Crippen LogP contribution in [0.25, 0.3) is 0 Å². The molecule has 0 spiro atoms. The Labute approximate surface area is 210 Å². The van der Waals surface area contributed by atoms with E-state index < -0.39 is 17.6 Å². The first-order chi connectivity index (χ1) is 17.1. The van der Waals surface area contributed by atoms with Gasteiger partial charge in [0, 0.05) is 50.8 Å². The van der Waals surface area contributed by atoms with Crippen molar-refractivity contribution >= 4 is 29.5 Å². The van der Waals surface area contributed by atoms with Crippen LogP contribution in [0.2, 0.25) is 0 Å². The van der Waals surface area contributed by atoms with Gasteiger partial charge in [0.15, 0.2) is 0 Å². The highest BCUT2D eigenvalue weighted by atomic mass is 16.6. The Hall–Kier alpha value is -3.34. The van der Waals surface area contributed by atoms with Gasteiger partial charge in [-0.1, -0.05) is 0 Å². The van der Waals surface area contributed by atoms with Crippen LogP contribution in [0.1, 0.15) is 49.5 Å². The average molecular weight is 503 g/mol. The lowest BCUT2D eigenvalue weighted by Crippen LogP contribution is -2.52. The number of methoxy groups -OCH3 is 1. The van der Waals surface area contributed by atoms with Crippen molar-refractivity contribution in [1.82, 2.24) is 15.1 Å². The molecule has 1 unspecified atom stereocenters. The average Bonchev–Trinajstić information content (AvgIpc) is 3.15. The molecular formula is C25H34N4O7. The van der Waals surface area contributed by atoms with Crippen LogP contribution in [0.5, 0.6) is 5.75 Å². The molecule has 1 atom stereocenters. The smallest absolute Gasteiger partial charge is 0.410 e. The maximum Gasteiger partial charge on any atom is 0.410 e. The first-order valence-electron chi connectivity index (χ1n) is 12.2. The summed E-state index contributed by atoms with van der Waals surface area (Å²) in [5, 5.41) is 2.33. The van der Waals surface area contributed by atoms with E-state index in [0.29, 0.717) is 62.7 Å². The molecule has 11 heteroatoms. The van der Waals surface area contributed by atoms with Crippen molar-refractivity contribution < 1.29 is 33.4 Å². The normalized spacial score (nSPS) is 20.4. The van der Waals surface area contributed by atoms with Gasteiger partial charge < -0.3 is 28.9 Å². The van der Waals surface area contributed by atoms with E-state index in [-0.39, 0.29) is 30.9 Å². The molecule has 0 radical (unpaired) electrons. The summed E-state index contributed by atoms with van der Waals surface area (Å²) in [6.07, 6.45) is 0.156. The highest BCUT2D eigenvalue weighted by Crippen LogP contribution is 2.40. The number of nitrogens with zero attached hydrogens (tertiary/aromatic N) is 3. The van der Waals surface area contributed by atoms with Gasteiger partial charge >= 0.3 is 6.09 Å². The van der Waals surface area contributed by atoms with Crippen LogP contribution in [0, 0.1) is 0 Å². The minimum Gasteiger partial charge on any atom is -0.489 e. The third-order valence-corrected chi connectivity index (χ3v) is 6.45. The largest absolute Gasteiger partial charge is 0.489 e. The molecule has 196 valence electrons. The topological polar surface area (TPSA) is 118 Å². The van der Waals surface area contributed by atoms with Crippen LogP contribution in [-0.2, 0) is 25.6 Å². The second kappa shape index (κ2) is 10.3. The molecule has 2 saturated heterocycles. The minimum absolute atomic E-state index is 0.195. The molecule has 36 heavy (non-hydrogen) atoms. The maximum atomic E-state index is 13.2. The van der Waals surface area contributed by atoms with Crippen molar-refractivity contribution in [3.8, 4) is 5.75 Å². The van der Waals surface area contributed by atoms with E-state index in [0.717, 1.165) is 5.69 Å². The van der Waals surface area contributed by atoms with Gasteiger partial charge in [0.05, 0.1) is 18.8 Å². The monoisotopic (exact) mass is 502 g/mol. The molecule has 3 aliphatic rings. The quantitative estimate of drug-likeness (QED) is 0.460. The number of imide groups is 1. The molecule has 3 aliphatic heterocycles. The van der Waals surface area contributed by atoms with Crippen molar-refractivity contribution in [2.24, 2.45) is 0 Å². The fourth-order valence-corrected chi connectivity index (χ4v) is 4.69. The van der Waals surface area contributed by atoms with Crippen LogP contribution in [0.15, 0.2) is 12.1 Å². The second-order valence-electron chi connectivity index (χ2n) is 10.1. The van der Waals surface area contributed by atoms with Gasteiger partial charge in [-0.3, -0.25) is 19.7 Å². The third-order valence-electron chi connectivity index (χ3n) is 6.45. The summed E-state index contributed by atoms with van der Waals surface area (Å²) in [4.78, 5) is 55.1. The van der Waals surface area contributed by atoms with Crippen molar-refractivity contribution in [2.45, 2.75) is 51.8 Å². The number of benzene rings is 1. The molecule has 3 heterocycles. The van der Waals surface area contributed by atoms with E-state index in [1.807, 2.05) is 26.8 Å². The SMILES string of the molecule is COCCOc1c(N2CCN(C(=O)OC(C)(C)C)CC2)ccc2c1CN(C1CCC(=O)NC1=O)C2=O. The molecule has 0 aliphatic carbocycles. The summed E-state index contributed by atoms with van der Waals surface area (Å²) in [5.41, 5.74) is 1.47. The molecule has 4 amide bonds. The Balaban J connectivity index is 1.55. The molecule has 4 rings (SSSR count). The third kappa shape index (κ3) is 5.40. The van der Waals surface area contributed by atoms with Crippen molar-refractivity contribution in [3.63, 3.8) is 0 Å². The molecule has 0 bridgehead atoms. The number of rotatable bonds is 6. The van der Waals surface area contributed by atoms with Crippen LogP contribution in [0.3, 0.4) is 0 Å². The number of amides is 4. The lowest BCUT2D eigenvalue weighted by atomic mass is 10.0. The van der Waals surface area contributed by atoms with Gasteiger partial charge in [-0.25, -0.2) is 4.79 Å². The Morgan fingerprint density at radius 1 is 1.08 bits per heavy atom. The van der Waals surface area contributed by atoms with Gasteiger partial charge in [0.25, 0.3) is 5.91 Å². The fraction of sp³-hybridized carbons (Fsp3) is 0.600. The Morgan fingerprint density at radius 2 is 1.81 bits per heavy atom. The Kier molecular flexibility index (Phi) is 7.39. The number of hydrogen-bond acceptors (Lipinski definition) is 8. The molecular weight excluding hydrogens is 468 g/mol. The Morgan fingerprint density at radius 3 is 2.44 bits per heavy atom. The van der Waals surface area contributed by atoms with Gasteiger partial charge in [-0.15, -0.1) is 0 Å². The highest BCUT2D eigenvalue weighted by Gasteiger charge is 2.41. The van der Waals surface area contributed by atoms with Crippen LogP contribution >= 0.6 is 0 Å². The van der Waals surface area contributed by atoms with Crippen molar-refractivity contribution in [2.75, 3.05) is 51.4 Å². The molecule has 0 aromatic heterocycles. The van der Waals surface area contributed by atoms with Gasteiger partial charge in [-0.05, 0) is 39.3 Å². The summed E-state index contributed by atoms with van der Waals surface area (Å²) < 4.78 is 16.8. The zero-order valence-electron chi connectivity index (χ0n) is 21.3. The number of ether oxygens (including phenoxy) is 3. The Bertz CT molecular complexity index is 1040. The second-order valence-corrected chi connectivity index (χ2v) is 10.1. The summed E-state index contributed by atoms with van der Waals surface area (Å²) in [6.45, 7) is 8.54. The van der Waals surface area contributed by atoms with Crippen LogP contribution in [-0.4, -0.2) is 91.8 Å². The van der Waals surface area contributed by atoms with E-state index in [2.05, 4.69) is 10.2 Å². The zero-order chi connectivity index (χ0) is 26.0. The van der Waals surface area contributed by atoms with E-state index in [1.54, 1.807) is 18.1 Å². The number of piperidine rings is 1. The van der Waals surface area contributed by atoms with Crippen LogP contribution in [0.4, 0.5) is 10.5 Å². The highest BCUT2D eigenvalue weighted by molar-refractivity contribution is 6.06. The molecule has 0 saturated carbocycles. The molecule has 1 N–H and O–H groups in total. The van der Waals surface area contributed by atoms with E-state index in [9.17, 15) is 19.2 Å². The number of carbonyl (C=O) groups is 4. The van der Waals surface area contributed by atoms with Gasteiger partial charge in [0.1, 0.15) is 24.0 Å². The maximum absolute atomic E-state index is 13.2. The molecule has 1 aromatic rings. The van der Waals surface area contributed by atoms with Crippen molar-refractivity contribution in [3.05, 3.63) is 23.3 Å². The number of carbonyl (C=O) groups excluding carboxylic acids is 4. The number of piperazine rings is 1. The van der Waals surface area contributed by atoms with Gasteiger partial charge in [0.2, 0.25) is 11.8 Å².